The minimum atomic E-state index is -0.846. The van der Waals surface area contributed by atoms with Crippen LogP contribution >= 0.6 is 15.9 Å². The Hall–Kier alpha value is -3.88. The number of amides is 5. The van der Waals surface area contributed by atoms with Gasteiger partial charge in [0.1, 0.15) is 12.4 Å². The summed E-state index contributed by atoms with van der Waals surface area (Å²) in [6.45, 7) is 2.38. The van der Waals surface area contributed by atoms with Gasteiger partial charge in [-0.3, -0.25) is 28.9 Å². The van der Waals surface area contributed by atoms with E-state index in [0.29, 0.717) is 29.5 Å². The molecule has 3 aliphatic rings. The van der Waals surface area contributed by atoms with E-state index in [2.05, 4.69) is 21.2 Å². The Morgan fingerprint density at radius 2 is 1.81 bits per heavy atom. The Labute approximate surface area is 256 Å². The van der Waals surface area contributed by atoms with Crippen LogP contribution in [0, 0.1) is 0 Å². The van der Waals surface area contributed by atoms with Gasteiger partial charge in [0, 0.05) is 54.5 Å². The number of nitrogens with one attached hydrogen (secondary N) is 1. The zero-order valence-corrected chi connectivity index (χ0v) is 25.1. The summed E-state index contributed by atoms with van der Waals surface area (Å²) < 4.78 is 18.5. The van der Waals surface area contributed by atoms with Crippen molar-refractivity contribution in [2.75, 3.05) is 26.3 Å². The maximum absolute atomic E-state index is 12.5. The van der Waals surface area contributed by atoms with E-state index in [0.717, 1.165) is 28.6 Å². The van der Waals surface area contributed by atoms with E-state index in [1.165, 1.54) is 18.2 Å². The predicted octanol–water partition coefficient (Wildman–Crippen LogP) is 2.40. The summed E-state index contributed by atoms with van der Waals surface area (Å²) in [7, 11) is 0. The normalized spacial score (nSPS) is 20.4. The summed E-state index contributed by atoms with van der Waals surface area (Å²) in [5.41, 5.74) is 0.839. The van der Waals surface area contributed by atoms with Crippen molar-refractivity contribution in [2.45, 2.75) is 57.8 Å². The first-order chi connectivity index (χ1) is 20.7. The van der Waals surface area contributed by atoms with E-state index >= 15 is 0 Å². The van der Waals surface area contributed by atoms with E-state index in [-0.39, 0.29) is 50.0 Å². The Morgan fingerprint density at radius 3 is 2.51 bits per heavy atom. The predicted molar refractivity (Wildman–Crippen MR) is 151 cm³/mol. The van der Waals surface area contributed by atoms with Gasteiger partial charge in [0.2, 0.25) is 5.91 Å². The fourth-order valence-electron chi connectivity index (χ4n) is 4.45. The Morgan fingerprint density at radius 1 is 1.09 bits per heavy atom. The number of hydroxylamine groups is 2. The van der Waals surface area contributed by atoms with Crippen molar-refractivity contribution in [3.8, 4) is 5.75 Å². The lowest BCUT2D eigenvalue weighted by Crippen LogP contribution is -2.35. The number of allylic oxidation sites excluding steroid dienone is 1. The third-order valence-electron chi connectivity index (χ3n) is 6.89. The van der Waals surface area contributed by atoms with Crippen molar-refractivity contribution in [2.24, 2.45) is 0 Å². The number of unbranched alkanes of at least 4 members (excludes halogenated alkanes) is 1. The van der Waals surface area contributed by atoms with Gasteiger partial charge in [-0.1, -0.05) is 22.0 Å². The van der Waals surface area contributed by atoms with Crippen LogP contribution in [0.3, 0.4) is 0 Å². The fourth-order valence-corrected chi connectivity index (χ4v) is 4.89. The molecule has 14 heteroatoms. The highest BCUT2D eigenvalue weighted by molar-refractivity contribution is 9.10. The number of nitrogens with zero attached hydrogens (tertiary/aromatic N) is 2. The number of imide groups is 2. The highest BCUT2D eigenvalue weighted by Crippen LogP contribution is 2.35. The van der Waals surface area contributed by atoms with Crippen molar-refractivity contribution in [3.63, 3.8) is 0 Å². The van der Waals surface area contributed by atoms with Gasteiger partial charge in [-0.15, -0.1) is 5.06 Å². The number of carbonyl (C=O) groups is 6. The summed E-state index contributed by atoms with van der Waals surface area (Å²) in [6.07, 6.45) is 5.40. The molecule has 13 nitrogen and oxygen atoms in total. The lowest BCUT2D eigenvalue weighted by molar-refractivity contribution is -0.194. The van der Waals surface area contributed by atoms with Crippen molar-refractivity contribution < 1.29 is 47.8 Å². The molecule has 2 fully saturated rings. The lowest BCUT2D eigenvalue weighted by Gasteiger charge is -2.16. The van der Waals surface area contributed by atoms with Crippen LogP contribution in [-0.2, 0) is 43.1 Å². The molecule has 3 aliphatic heterocycles. The number of rotatable bonds is 14. The zero-order valence-electron chi connectivity index (χ0n) is 23.5. The molecule has 0 aromatic heterocycles. The third kappa shape index (κ3) is 8.58. The van der Waals surface area contributed by atoms with Crippen LogP contribution in [0.1, 0.15) is 57.3 Å². The van der Waals surface area contributed by atoms with E-state index in [1.54, 1.807) is 25.1 Å². The molecule has 0 saturated carbocycles. The smallest absolute Gasteiger partial charge is 0.363 e. The van der Waals surface area contributed by atoms with Crippen LogP contribution in [0.4, 0.5) is 0 Å². The van der Waals surface area contributed by atoms with Gasteiger partial charge in [0.05, 0.1) is 18.3 Å². The standard InChI is InChI=1S/C29H32BrN3O10/c1-2-18(28(39)43-33-26(37)10-11-27(33)38)16-40-19-6-7-22(30)21(15-19)29-41-17-20(42-29)5-3-4-13-31-23(34)12-14-32-24(35)8-9-25(32)36/h2,6-9,15,20,29H,3-5,10-14,16-17H2,1H3,(H,31,34)/b18-2-. The van der Waals surface area contributed by atoms with Crippen LogP contribution in [0.15, 0.2) is 46.5 Å². The average molecular weight is 662 g/mol. The highest BCUT2D eigenvalue weighted by atomic mass is 79.9. The van der Waals surface area contributed by atoms with Crippen LogP contribution in [0.25, 0.3) is 0 Å². The summed E-state index contributed by atoms with van der Waals surface area (Å²) in [6, 6.07) is 5.21. The van der Waals surface area contributed by atoms with Crippen molar-refractivity contribution in [1.82, 2.24) is 15.3 Å². The molecule has 1 aromatic carbocycles. The van der Waals surface area contributed by atoms with Crippen molar-refractivity contribution in [1.29, 1.82) is 0 Å². The number of hydrogen-bond acceptors (Lipinski definition) is 10. The van der Waals surface area contributed by atoms with Gasteiger partial charge in [-0.2, -0.15) is 0 Å². The molecule has 43 heavy (non-hydrogen) atoms. The van der Waals surface area contributed by atoms with Gasteiger partial charge in [0.15, 0.2) is 6.29 Å². The molecule has 5 amide bonds. The van der Waals surface area contributed by atoms with E-state index in [4.69, 9.17) is 19.0 Å². The van der Waals surface area contributed by atoms with Gasteiger partial charge in [0.25, 0.3) is 23.6 Å². The molecule has 2 atom stereocenters. The van der Waals surface area contributed by atoms with Crippen LogP contribution < -0.4 is 10.1 Å². The molecule has 0 radical (unpaired) electrons. The summed E-state index contributed by atoms with van der Waals surface area (Å²) >= 11 is 3.51. The largest absolute Gasteiger partial charge is 0.489 e. The minimum absolute atomic E-state index is 0.00689. The minimum Gasteiger partial charge on any atom is -0.489 e. The van der Waals surface area contributed by atoms with E-state index in [1.807, 2.05) is 0 Å². The first kappa shape index (κ1) is 32.0. The number of carbonyl (C=O) groups excluding carboxylic acids is 6. The van der Waals surface area contributed by atoms with E-state index < -0.39 is 35.9 Å². The molecule has 2 unspecified atom stereocenters. The molecule has 0 aliphatic carbocycles. The second-order valence-electron chi connectivity index (χ2n) is 9.93. The first-order valence-corrected chi connectivity index (χ1v) is 14.7. The number of halogens is 1. The molecule has 2 saturated heterocycles. The van der Waals surface area contributed by atoms with Crippen molar-refractivity contribution >= 4 is 51.4 Å². The topological polar surface area (TPSA) is 158 Å². The van der Waals surface area contributed by atoms with Gasteiger partial charge >= 0.3 is 5.97 Å². The Balaban J connectivity index is 1.17. The molecule has 4 rings (SSSR count). The third-order valence-corrected chi connectivity index (χ3v) is 7.62. The quantitative estimate of drug-likeness (QED) is 0.178. The van der Waals surface area contributed by atoms with Gasteiger partial charge in [-0.05, 0) is 44.4 Å². The second-order valence-corrected chi connectivity index (χ2v) is 10.8. The zero-order chi connectivity index (χ0) is 30.9. The van der Waals surface area contributed by atoms with Crippen LogP contribution in [0.2, 0.25) is 0 Å². The lowest BCUT2D eigenvalue weighted by atomic mass is 10.1. The summed E-state index contributed by atoms with van der Waals surface area (Å²) in [5, 5.41) is 3.29. The molecule has 0 spiro atoms. The number of benzene rings is 1. The fraction of sp³-hybridized carbons (Fsp3) is 0.448. The molecule has 1 N–H and O–H groups in total. The second kappa shape index (κ2) is 15.0. The molecule has 0 bridgehead atoms. The summed E-state index contributed by atoms with van der Waals surface area (Å²) in [5.74, 6) is -2.56. The SMILES string of the molecule is C/C=C(/COc1ccc(Br)c(C2OCC(CCCCNC(=O)CCN3C(=O)C=CC3=O)O2)c1)C(=O)ON1C(=O)CCC1=O. The highest BCUT2D eigenvalue weighted by Gasteiger charge is 2.34. The maximum Gasteiger partial charge on any atom is 0.363 e. The average Bonchev–Trinajstić information content (AvgIpc) is 3.68. The molecule has 3 heterocycles. The van der Waals surface area contributed by atoms with Crippen molar-refractivity contribution in [3.05, 3.63) is 52.0 Å². The van der Waals surface area contributed by atoms with Gasteiger partial charge < -0.3 is 24.4 Å². The van der Waals surface area contributed by atoms with Gasteiger partial charge in [-0.25, -0.2) is 4.79 Å². The molecule has 1 aromatic rings. The first-order valence-electron chi connectivity index (χ1n) is 13.9. The molecular formula is C29H32BrN3O10. The van der Waals surface area contributed by atoms with Crippen LogP contribution in [0.5, 0.6) is 5.75 Å². The maximum atomic E-state index is 12.5. The Bertz CT molecular complexity index is 1310. The van der Waals surface area contributed by atoms with Crippen LogP contribution in [-0.4, -0.2) is 77.9 Å². The van der Waals surface area contributed by atoms with E-state index in [9.17, 15) is 28.8 Å². The molecular weight excluding hydrogens is 630 g/mol. The monoisotopic (exact) mass is 661 g/mol. The molecule has 230 valence electrons. The number of ether oxygens (including phenoxy) is 3. The Kier molecular flexibility index (Phi) is 11.2. The summed E-state index contributed by atoms with van der Waals surface area (Å²) in [4.78, 5) is 77.0. The number of hydrogen-bond donors (Lipinski definition) is 1.